The Labute approximate surface area is 129 Å². The predicted octanol–water partition coefficient (Wildman–Crippen LogP) is 3.54. The van der Waals surface area contributed by atoms with E-state index in [4.69, 9.17) is 9.97 Å². The molecule has 1 fully saturated rings. The van der Waals surface area contributed by atoms with Gasteiger partial charge >= 0.3 is 0 Å². The van der Waals surface area contributed by atoms with E-state index in [0.29, 0.717) is 0 Å². The molecule has 4 rings (SSSR count). The van der Waals surface area contributed by atoms with Crippen molar-refractivity contribution in [2.45, 2.75) is 12.8 Å². The fourth-order valence-electron chi connectivity index (χ4n) is 2.76. The molecule has 0 spiro atoms. The van der Waals surface area contributed by atoms with E-state index < -0.39 is 0 Å². The molecule has 3 aromatic rings. The van der Waals surface area contributed by atoms with Crippen LogP contribution in [0.3, 0.4) is 0 Å². The number of anilines is 1. The third kappa shape index (κ3) is 2.52. The van der Waals surface area contributed by atoms with Crippen LogP contribution < -0.4 is 4.90 Å². The second kappa shape index (κ2) is 5.37. The minimum absolute atomic E-state index is 0.763. The normalized spacial score (nSPS) is 14.2. The van der Waals surface area contributed by atoms with Gasteiger partial charge < -0.3 is 4.90 Å². The maximum atomic E-state index is 4.84. The first-order valence-corrected chi connectivity index (χ1v) is 7.69. The molecule has 4 nitrogen and oxygen atoms in total. The van der Waals surface area contributed by atoms with Crippen molar-refractivity contribution in [1.29, 1.82) is 0 Å². The molecular weight excluding hydrogens is 272 g/mol. The molecule has 0 bridgehead atoms. The topological polar surface area (TPSA) is 41.9 Å². The standard InChI is InChI=1S/C18H18N4/c1-22(12-13-6-7-13)18-15-4-2-3-5-16(15)20-17(21-18)14-8-10-19-11-9-14/h2-5,8-11,13H,6-7,12H2,1H3. The van der Waals surface area contributed by atoms with Gasteiger partial charge in [0.1, 0.15) is 5.82 Å². The van der Waals surface area contributed by atoms with Gasteiger partial charge in [0.2, 0.25) is 0 Å². The summed E-state index contributed by atoms with van der Waals surface area (Å²) in [4.78, 5) is 15.9. The zero-order valence-electron chi connectivity index (χ0n) is 12.6. The fourth-order valence-corrected chi connectivity index (χ4v) is 2.76. The van der Waals surface area contributed by atoms with Gasteiger partial charge in [0.05, 0.1) is 5.52 Å². The third-order valence-electron chi connectivity index (χ3n) is 4.11. The highest BCUT2D eigenvalue weighted by Crippen LogP contribution is 2.33. The SMILES string of the molecule is CN(CC1CC1)c1nc(-c2ccncc2)nc2ccccc12. The third-order valence-corrected chi connectivity index (χ3v) is 4.11. The van der Waals surface area contributed by atoms with Crippen LogP contribution in [0.4, 0.5) is 5.82 Å². The van der Waals surface area contributed by atoms with Crippen LogP contribution in [0.15, 0.2) is 48.8 Å². The molecule has 0 atom stereocenters. The average molecular weight is 290 g/mol. The van der Waals surface area contributed by atoms with Crippen molar-refractivity contribution in [2.75, 3.05) is 18.5 Å². The van der Waals surface area contributed by atoms with Crippen molar-refractivity contribution in [2.24, 2.45) is 5.92 Å². The van der Waals surface area contributed by atoms with E-state index in [2.05, 4.69) is 29.1 Å². The van der Waals surface area contributed by atoms with Crippen LogP contribution in [-0.2, 0) is 0 Å². The maximum absolute atomic E-state index is 4.84. The van der Waals surface area contributed by atoms with E-state index in [1.54, 1.807) is 12.4 Å². The number of fused-ring (bicyclic) bond motifs is 1. The van der Waals surface area contributed by atoms with E-state index in [1.165, 1.54) is 12.8 Å². The first kappa shape index (κ1) is 13.2. The quantitative estimate of drug-likeness (QED) is 0.737. The lowest BCUT2D eigenvalue weighted by Gasteiger charge is -2.20. The molecule has 2 aromatic heterocycles. The van der Waals surface area contributed by atoms with E-state index in [0.717, 1.165) is 40.6 Å². The number of para-hydroxylation sites is 1. The second-order valence-electron chi connectivity index (χ2n) is 5.95. The Morgan fingerprint density at radius 1 is 1.05 bits per heavy atom. The van der Waals surface area contributed by atoms with Crippen molar-refractivity contribution in [3.8, 4) is 11.4 Å². The second-order valence-corrected chi connectivity index (χ2v) is 5.95. The van der Waals surface area contributed by atoms with Crippen LogP contribution >= 0.6 is 0 Å². The molecule has 0 unspecified atom stereocenters. The Balaban J connectivity index is 1.85. The largest absolute Gasteiger partial charge is 0.359 e. The maximum Gasteiger partial charge on any atom is 0.162 e. The van der Waals surface area contributed by atoms with Gasteiger partial charge in [-0.3, -0.25) is 4.98 Å². The molecule has 22 heavy (non-hydrogen) atoms. The lowest BCUT2D eigenvalue weighted by Crippen LogP contribution is -2.21. The van der Waals surface area contributed by atoms with Crippen LogP contribution in [-0.4, -0.2) is 28.5 Å². The molecule has 110 valence electrons. The molecule has 1 aliphatic rings. The smallest absolute Gasteiger partial charge is 0.162 e. The number of pyridine rings is 1. The lowest BCUT2D eigenvalue weighted by atomic mass is 10.2. The van der Waals surface area contributed by atoms with Crippen LogP contribution in [0, 0.1) is 5.92 Å². The van der Waals surface area contributed by atoms with Gasteiger partial charge in [0.25, 0.3) is 0 Å². The average Bonchev–Trinajstić information content (AvgIpc) is 3.38. The molecule has 0 N–H and O–H groups in total. The minimum Gasteiger partial charge on any atom is -0.359 e. The molecular formula is C18H18N4. The van der Waals surface area contributed by atoms with Crippen molar-refractivity contribution in [3.63, 3.8) is 0 Å². The first-order valence-electron chi connectivity index (χ1n) is 7.69. The van der Waals surface area contributed by atoms with Gasteiger partial charge in [-0.1, -0.05) is 12.1 Å². The van der Waals surface area contributed by atoms with E-state index in [-0.39, 0.29) is 0 Å². The van der Waals surface area contributed by atoms with E-state index in [9.17, 15) is 0 Å². The Morgan fingerprint density at radius 2 is 1.82 bits per heavy atom. The molecule has 4 heteroatoms. The van der Waals surface area contributed by atoms with Crippen molar-refractivity contribution < 1.29 is 0 Å². The monoisotopic (exact) mass is 290 g/mol. The van der Waals surface area contributed by atoms with Gasteiger partial charge in [-0.15, -0.1) is 0 Å². The molecule has 1 aliphatic carbocycles. The van der Waals surface area contributed by atoms with Crippen molar-refractivity contribution in [3.05, 3.63) is 48.8 Å². The zero-order valence-corrected chi connectivity index (χ0v) is 12.6. The number of benzene rings is 1. The molecule has 0 radical (unpaired) electrons. The summed E-state index contributed by atoms with van der Waals surface area (Å²) < 4.78 is 0. The summed E-state index contributed by atoms with van der Waals surface area (Å²) in [6.45, 7) is 1.07. The van der Waals surface area contributed by atoms with Gasteiger partial charge in [-0.2, -0.15) is 0 Å². The summed E-state index contributed by atoms with van der Waals surface area (Å²) in [7, 11) is 2.13. The van der Waals surface area contributed by atoms with Gasteiger partial charge in [0.15, 0.2) is 5.82 Å². The number of nitrogens with zero attached hydrogens (tertiary/aromatic N) is 4. The fraction of sp³-hybridized carbons (Fsp3) is 0.278. The Morgan fingerprint density at radius 3 is 2.59 bits per heavy atom. The molecule has 1 saturated carbocycles. The summed E-state index contributed by atoms with van der Waals surface area (Å²) in [6.07, 6.45) is 6.23. The van der Waals surface area contributed by atoms with Crippen LogP contribution in [0.5, 0.6) is 0 Å². The van der Waals surface area contributed by atoms with Crippen LogP contribution in [0.2, 0.25) is 0 Å². The van der Waals surface area contributed by atoms with Crippen molar-refractivity contribution >= 4 is 16.7 Å². The van der Waals surface area contributed by atoms with Crippen molar-refractivity contribution in [1.82, 2.24) is 15.0 Å². The molecule has 1 aromatic carbocycles. The molecule has 0 saturated heterocycles. The van der Waals surface area contributed by atoms with Crippen LogP contribution in [0.1, 0.15) is 12.8 Å². The predicted molar refractivity (Wildman–Crippen MR) is 88.8 cm³/mol. The first-order chi connectivity index (χ1) is 10.8. The Bertz CT molecular complexity index is 797. The minimum atomic E-state index is 0.763. The zero-order chi connectivity index (χ0) is 14.9. The molecule has 2 heterocycles. The van der Waals surface area contributed by atoms with E-state index >= 15 is 0 Å². The molecule has 0 aliphatic heterocycles. The number of hydrogen-bond acceptors (Lipinski definition) is 4. The Hall–Kier alpha value is -2.49. The number of rotatable bonds is 4. The van der Waals surface area contributed by atoms with Crippen LogP contribution in [0.25, 0.3) is 22.3 Å². The summed E-state index contributed by atoms with van der Waals surface area (Å²) in [5, 5.41) is 1.11. The highest BCUT2D eigenvalue weighted by atomic mass is 15.2. The summed E-state index contributed by atoms with van der Waals surface area (Å²) in [6, 6.07) is 12.1. The van der Waals surface area contributed by atoms with E-state index in [1.807, 2.05) is 24.3 Å². The lowest BCUT2D eigenvalue weighted by molar-refractivity contribution is 0.779. The Kier molecular flexibility index (Phi) is 3.22. The summed E-state index contributed by atoms with van der Waals surface area (Å²) in [5.41, 5.74) is 1.99. The van der Waals surface area contributed by atoms with Gasteiger partial charge in [-0.25, -0.2) is 9.97 Å². The number of hydrogen-bond donors (Lipinski definition) is 0. The highest BCUT2D eigenvalue weighted by Gasteiger charge is 2.24. The highest BCUT2D eigenvalue weighted by molar-refractivity contribution is 5.90. The number of aromatic nitrogens is 3. The molecule has 0 amide bonds. The summed E-state index contributed by atoms with van der Waals surface area (Å²) >= 11 is 0. The van der Waals surface area contributed by atoms with Gasteiger partial charge in [0, 0.05) is 36.9 Å². The van der Waals surface area contributed by atoms with Gasteiger partial charge in [-0.05, 0) is 43.0 Å². The summed E-state index contributed by atoms with van der Waals surface area (Å²) in [5.74, 6) is 2.60.